The zero-order valence-corrected chi connectivity index (χ0v) is 18.0. The zero-order chi connectivity index (χ0) is 20.8. The monoisotopic (exact) mass is 410 g/mol. The molecule has 0 bridgehead atoms. The second-order valence-corrected chi connectivity index (χ2v) is 8.11. The number of rotatable bonds is 8. The molecule has 1 aromatic heterocycles. The van der Waals surface area contributed by atoms with Crippen molar-refractivity contribution in [3.05, 3.63) is 54.1 Å². The van der Waals surface area contributed by atoms with Crippen LogP contribution in [-0.2, 0) is 11.3 Å². The van der Waals surface area contributed by atoms with Gasteiger partial charge in [-0.3, -0.25) is 4.79 Å². The van der Waals surface area contributed by atoms with E-state index in [4.69, 9.17) is 4.74 Å². The summed E-state index contributed by atoms with van der Waals surface area (Å²) in [5.41, 5.74) is 2.95. The number of nitrogens with zero attached hydrogens (tertiary/aromatic N) is 3. The molecule has 6 nitrogen and oxygen atoms in total. The summed E-state index contributed by atoms with van der Waals surface area (Å²) < 4.78 is 7.24. The van der Waals surface area contributed by atoms with Gasteiger partial charge in [0.2, 0.25) is 5.91 Å². The van der Waals surface area contributed by atoms with Gasteiger partial charge >= 0.3 is 0 Å². The Hall–Kier alpha value is -2.80. The predicted molar refractivity (Wildman–Crippen MR) is 117 cm³/mol. The van der Waals surface area contributed by atoms with Crippen LogP contribution in [0.1, 0.15) is 25.8 Å². The molecule has 29 heavy (non-hydrogen) atoms. The minimum Gasteiger partial charge on any atom is -0.497 e. The van der Waals surface area contributed by atoms with Crippen LogP contribution in [-0.4, -0.2) is 33.0 Å². The average molecular weight is 411 g/mol. The molecule has 3 rings (SSSR count). The minimum absolute atomic E-state index is 0.0803. The number of ether oxygens (including phenoxy) is 1. The number of aromatic nitrogens is 3. The molecule has 1 N–H and O–H groups in total. The Kier molecular flexibility index (Phi) is 6.93. The number of methoxy groups -OCH3 is 1. The van der Waals surface area contributed by atoms with Gasteiger partial charge in [-0.05, 0) is 50.6 Å². The number of anilines is 1. The molecule has 2 aromatic carbocycles. The van der Waals surface area contributed by atoms with Crippen molar-refractivity contribution in [3.8, 4) is 17.1 Å². The summed E-state index contributed by atoms with van der Waals surface area (Å²) in [6.07, 6.45) is 0.955. The molecule has 1 atom stereocenters. The third-order valence-corrected chi connectivity index (χ3v) is 5.53. The highest BCUT2D eigenvalue weighted by molar-refractivity contribution is 8.00. The number of hydrogen-bond acceptors (Lipinski definition) is 5. The van der Waals surface area contributed by atoms with Crippen molar-refractivity contribution >= 4 is 23.4 Å². The van der Waals surface area contributed by atoms with Crippen LogP contribution in [0.5, 0.6) is 5.75 Å². The van der Waals surface area contributed by atoms with Gasteiger partial charge in [0.15, 0.2) is 11.0 Å². The molecule has 0 aliphatic heterocycles. The summed E-state index contributed by atoms with van der Waals surface area (Å²) in [5.74, 6) is 1.51. The van der Waals surface area contributed by atoms with Gasteiger partial charge in [0.25, 0.3) is 0 Å². The maximum absolute atomic E-state index is 12.6. The smallest absolute Gasteiger partial charge is 0.237 e. The summed E-state index contributed by atoms with van der Waals surface area (Å²) >= 11 is 1.42. The molecule has 0 aliphatic rings. The number of thioether (sulfide) groups is 1. The molecule has 0 aliphatic carbocycles. The van der Waals surface area contributed by atoms with E-state index in [1.54, 1.807) is 7.11 Å². The van der Waals surface area contributed by atoms with Gasteiger partial charge in [0.05, 0.1) is 12.4 Å². The SMILES string of the molecule is CCCn1c(S[C@H](C)C(=O)Nc2ccc(OC)cc2)nnc1-c1cccc(C)c1. The van der Waals surface area contributed by atoms with Gasteiger partial charge in [-0.2, -0.15) is 0 Å². The van der Waals surface area contributed by atoms with E-state index in [0.717, 1.165) is 40.9 Å². The highest BCUT2D eigenvalue weighted by Crippen LogP contribution is 2.28. The Labute approximate surface area is 175 Å². The maximum Gasteiger partial charge on any atom is 0.237 e. The second-order valence-electron chi connectivity index (χ2n) is 6.81. The number of carbonyl (C=O) groups excluding carboxylic acids is 1. The molecule has 152 valence electrons. The first-order chi connectivity index (χ1) is 14.0. The molecule has 0 fully saturated rings. The predicted octanol–water partition coefficient (Wildman–Crippen LogP) is 4.79. The Morgan fingerprint density at radius 1 is 1.21 bits per heavy atom. The van der Waals surface area contributed by atoms with E-state index in [1.165, 1.54) is 17.3 Å². The number of benzene rings is 2. The van der Waals surface area contributed by atoms with Gasteiger partial charge in [-0.25, -0.2) is 0 Å². The van der Waals surface area contributed by atoms with Crippen LogP contribution in [0.25, 0.3) is 11.4 Å². The third-order valence-electron chi connectivity index (χ3n) is 4.45. The van der Waals surface area contributed by atoms with Crippen molar-refractivity contribution in [2.24, 2.45) is 0 Å². The molecule has 7 heteroatoms. The van der Waals surface area contributed by atoms with Crippen molar-refractivity contribution in [2.45, 2.75) is 44.1 Å². The van der Waals surface area contributed by atoms with E-state index >= 15 is 0 Å². The molecule has 3 aromatic rings. The normalized spacial score (nSPS) is 11.9. The fourth-order valence-electron chi connectivity index (χ4n) is 2.93. The van der Waals surface area contributed by atoms with Crippen LogP contribution >= 0.6 is 11.8 Å². The van der Waals surface area contributed by atoms with Crippen molar-refractivity contribution < 1.29 is 9.53 Å². The van der Waals surface area contributed by atoms with E-state index in [0.29, 0.717) is 0 Å². The first-order valence-electron chi connectivity index (χ1n) is 9.63. The van der Waals surface area contributed by atoms with E-state index in [-0.39, 0.29) is 11.2 Å². The number of amides is 1. The van der Waals surface area contributed by atoms with Crippen LogP contribution in [0.15, 0.2) is 53.7 Å². The summed E-state index contributed by atoms with van der Waals surface area (Å²) in [5, 5.41) is 12.2. The quantitative estimate of drug-likeness (QED) is 0.541. The Balaban J connectivity index is 1.75. The minimum atomic E-state index is -0.317. The lowest BCUT2D eigenvalue weighted by atomic mass is 10.1. The summed E-state index contributed by atoms with van der Waals surface area (Å²) in [7, 11) is 1.61. The van der Waals surface area contributed by atoms with Crippen LogP contribution in [0.3, 0.4) is 0 Å². The van der Waals surface area contributed by atoms with Gasteiger partial charge in [-0.15, -0.1) is 10.2 Å². The Bertz CT molecular complexity index is 969. The molecule has 0 saturated carbocycles. The zero-order valence-electron chi connectivity index (χ0n) is 17.2. The van der Waals surface area contributed by atoms with Crippen LogP contribution in [0.4, 0.5) is 5.69 Å². The first kappa shape index (κ1) is 20.9. The maximum atomic E-state index is 12.6. The van der Waals surface area contributed by atoms with E-state index in [9.17, 15) is 4.79 Å². The topological polar surface area (TPSA) is 69.0 Å². The van der Waals surface area contributed by atoms with E-state index in [1.807, 2.05) is 43.3 Å². The van der Waals surface area contributed by atoms with Gasteiger partial charge in [0, 0.05) is 17.8 Å². The molecule has 1 amide bonds. The summed E-state index contributed by atoms with van der Waals surface area (Å²) in [6, 6.07) is 15.5. The molecule has 0 radical (unpaired) electrons. The lowest BCUT2D eigenvalue weighted by Crippen LogP contribution is -2.23. The van der Waals surface area contributed by atoms with E-state index in [2.05, 4.69) is 46.1 Å². The second kappa shape index (κ2) is 9.60. The number of nitrogens with one attached hydrogen (secondary N) is 1. The lowest BCUT2D eigenvalue weighted by molar-refractivity contribution is -0.115. The molecule has 0 spiro atoms. The number of carbonyl (C=O) groups is 1. The molecule has 0 saturated heterocycles. The highest BCUT2D eigenvalue weighted by Gasteiger charge is 2.21. The largest absolute Gasteiger partial charge is 0.497 e. The fraction of sp³-hybridized carbons (Fsp3) is 0.318. The van der Waals surface area contributed by atoms with Gasteiger partial charge in [0.1, 0.15) is 5.75 Å². The van der Waals surface area contributed by atoms with Crippen LogP contribution in [0, 0.1) is 6.92 Å². The van der Waals surface area contributed by atoms with Gasteiger partial charge < -0.3 is 14.6 Å². The average Bonchev–Trinajstić information content (AvgIpc) is 3.11. The molecular weight excluding hydrogens is 384 g/mol. The Morgan fingerprint density at radius 2 is 1.97 bits per heavy atom. The van der Waals surface area contributed by atoms with E-state index < -0.39 is 0 Å². The number of aryl methyl sites for hydroxylation is 1. The van der Waals surface area contributed by atoms with Crippen molar-refractivity contribution in [1.82, 2.24) is 14.8 Å². The van der Waals surface area contributed by atoms with Gasteiger partial charge in [-0.1, -0.05) is 42.4 Å². The summed E-state index contributed by atoms with van der Waals surface area (Å²) in [4.78, 5) is 12.6. The molecule has 1 heterocycles. The van der Waals surface area contributed by atoms with Crippen LogP contribution < -0.4 is 10.1 Å². The molecular formula is C22H26N4O2S. The van der Waals surface area contributed by atoms with Crippen molar-refractivity contribution in [2.75, 3.05) is 12.4 Å². The highest BCUT2D eigenvalue weighted by atomic mass is 32.2. The number of hydrogen-bond donors (Lipinski definition) is 1. The van der Waals surface area contributed by atoms with Crippen molar-refractivity contribution in [3.63, 3.8) is 0 Å². The first-order valence-corrected chi connectivity index (χ1v) is 10.5. The molecule has 0 unspecified atom stereocenters. The lowest BCUT2D eigenvalue weighted by Gasteiger charge is -2.14. The standard InChI is InChI=1S/C22H26N4O2S/c1-5-13-26-20(17-8-6-7-15(2)14-17)24-25-22(26)29-16(3)21(27)23-18-9-11-19(28-4)12-10-18/h6-12,14,16H,5,13H2,1-4H3,(H,23,27)/t16-/m1/s1. The third kappa shape index (κ3) is 5.17. The fourth-order valence-corrected chi connectivity index (χ4v) is 3.80. The summed E-state index contributed by atoms with van der Waals surface area (Å²) in [6.45, 7) is 6.85. The Morgan fingerprint density at radius 3 is 2.62 bits per heavy atom. The van der Waals surface area contributed by atoms with Crippen LogP contribution in [0.2, 0.25) is 0 Å². The van der Waals surface area contributed by atoms with Crippen molar-refractivity contribution in [1.29, 1.82) is 0 Å².